The highest BCUT2D eigenvalue weighted by atomic mass is 79.9. The number of carboxylic acid groups (broad SMARTS) is 1. The Morgan fingerprint density at radius 1 is 1.38 bits per heavy atom. The predicted octanol–water partition coefficient (Wildman–Crippen LogP) is 2.98. The SMILES string of the molecule is CCn1nc(C)c(Br)c1CS(=O)c1ccc(C(=O)O)cc1. The third kappa shape index (κ3) is 3.41. The number of aromatic nitrogens is 2. The molecule has 7 heteroatoms. The standard InChI is InChI=1S/C14H15BrN2O3S/c1-3-17-12(13(15)9(2)16-17)8-21(20)11-6-4-10(5-7-11)14(18)19/h4-7H,3,8H2,1-2H3,(H,18,19). The van der Waals surface area contributed by atoms with Crippen LogP contribution in [0.1, 0.15) is 28.7 Å². The molecule has 0 saturated carbocycles. The number of benzene rings is 1. The van der Waals surface area contributed by atoms with Crippen LogP contribution in [0.25, 0.3) is 0 Å². The zero-order valence-corrected chi connectivity index (χ0v) is 14.1. The van der Waals surface area contributed by atoms with E-state index < -0.39 is 16.8 Å². The Morgan fingerprint density at radius 3 is 2.52 bits per heavy atom. The van der Waals surface area contributed by atoms with E-state index in [0.717, 1.165) is 15.9 Å². The van der Waals surface area contributed by atoms with Crippen molar-refractivity contribution in [1.29, 1.82) is 0 Å². The second-order valence-corrected chi connectivity index (χ2v) is 6.73. The van der Waals surface area contributed by atoms with Gasteiger partial charge in [0.15, 0.2) is 0 Å². The summed E-state index contributed by atoms with van der Waals surface area (Å²) in [7, 11) is -1.25. The average Bonchev–Trinajstić information content (AvgIpc) is 2.75. The van der Waals surface area contributed by atoms with Crippen LogP contribution in [0.3, 0.4) is 0 Å². The second kappa shape index (κ2) is 6.53. The quantitative estimate of drug-likeness (QED) is 0.877. The summed E-state index contributed by atoms with van der Waals surface area (Å²) in [6.45, 7) is 4.58. The number of nitrogens with zero attached hydrogens (tertiary/aromatic N) is 2. The fraction of sp³-hybridized carbons (Fsp3) is 0.286. The van der Waals surface area contributed by atoms with E-state index in [4.69, 9.17) is 5.11 Å². The first-order valence-corrected chi connectivity index (χ1v) is 8.48. The largest absolute Gasteiger partial charge is 0.478 e. The van der Waals surface area contributed by atoms with Crippen LogP contribution in [-0.2, 0) is 23.1 Å². The number of aryl methyl sites for hydroxylation is 2. The van der Waals surface area contributed by atoms with E-state index >= 15 is 0 Å². The Morgan fingerprint density at radius 2 is 2.00 bits per heavy atom. The van der Waals surface area contributed by atoms with Gasteiger partial charge >= 0.3 is 5.97 Å². The van der Waals surface area contributed by atoms with E-state index in [2.05, 4.69) is 21.0 Å². The first-order valence-electron chi connectivity index (χ1n) is 6.37. The Bertz CT molecular complexity index is 695. The van der Waals surface area contributed by atoms with Crippen LogP contribution >= 0.6 is 15.9 Å². The molecule has 21 heavy (non-hydrogen) atoms. The normalized spacial score (nSPS) is 12.3. The van der Waals surface area contributed by atoms with Crippen molar-refractivity contribution in [2.75, 3.05) is 0 Å². The first kappa shape index (κ1) is 15.9. The van der Waals surface area contributed by atoms with Crippen molar-refractivity contribution in [1.82, 2.24) is 9.78 Å². The van der Waals surface area contributed by atoms with Crippen LogP contribution in [-0.4, -0.2) is 25.1 Å². The number of rotatable bonds is 5. The average molecular weight is 371 g/mol. The summed E-state index contributed by atoms with van der Waals surface area (Å²) in [5.74, 6) is -0.656. The fourth-order valence-electron chi connectivity index (χ4n) is 1.96. The van der Waals surface area contributed by atoms with Crippen LogP contribution in [0.5, 0.6) is 0 Å². The van der Waals surface area contributed by atoms with E-state index in [9.17, 15) is 9.00 Å². The molecule has 1 heterocycles. The van der Waals surface area contributed by atoms with Gasteiger partial charge in [0, 0.05) is 11.4 Å². The Hall–Kier alpha value is -1.47. The minimum Gasteiger partial charge on any atom is -0.478 e. The number of aromatic carboxylic acids is 1. The Balaban J connectivity index is 2.24. The molecule has 1 aromatic heterocycles. The van der Waals surface area contributed by atoms with Gasteiger partial charge in [-0.3, -0.25) is 8.89 Å². The Labute approximate surface area is 133 Å². The van der Waals surface area contributed by atoms with Gasteiger partial charge in [-0.1, -0.05) is 0 Å². The highest BCUT2D eigenvalue weighted by Crippen LogP contribution is 2.24. The summed E-state index contributed by atoms with van der Waals surface area (Å²) in [5.41, 5.74) is 1.94. The van der Waals surface area contributed by atoms with Crippen molar-refractivity contribution in [3.63, 3.8) is 0 Å². The lowest BCUT2D eigenvalue weighted by atomic mass is 10.2. The fourth-order valence-corrected chi connectivity index (χ4v) is 3.72. The molecule has 0 bridgehead atoms. The molecular formula is C14H15BrN2O3S. The van der Waals surface area contributed by atoms with E-state index in [1.807, 2.05) is 18.5 Å². The van der Waals surface area contributed by atoms with Crippen LogP contribution < -0.4 is 0 Å². The van der Waals surface area contributed by atoms with Crippen molar-refractivity contribution in [2.24, 2.45) is 0 Å². The molecule has 1 atom stereocenters. The highest BCUT2D eigenvalue weighted by Gasteiger charge is 2.16. The molecule has 0 saturated heterocycles. The molecule has 1 unspecified atom stereocenters. The maximum absolute atomic E-state index is 12.4. The zero-order valence-electron chi connectivity index (χ0n) is 11.7. The molecule has 0 aliphatic rings. The van der Waals surface area contributed by atoms with Crippen LogP contribution in [0.4, 0.5) is 0 Å². The van der Waals surface area contributed by atoms with Gasteiger partial charge in [-0.15, -0.1) is 0 Å². The Kier molecular flexibility index (Phi) is 4.95. The van der Waals surface area contributed by atoms with Gasteiger partial charge in [0.2, 0.25) is 0 Å². The van der Waals surface area contributed by atoms with Crippen LogP contribution in [0, 0.1) is 6.92 Å². The topological polar surface area (TPSA) is 72.2 Å². The summed E-state index contributed by atoms with van der Waals surface area (Å²) >= 11 is 3.48. The van der Waals surface area contributed by atoms with Crippen molar-refractivity contribution in [3.05, 3.63) is 45.7 Å². The molecule has 2 aromatic rings. The minimum atomic E-state index is -1.25. The maximum Gasteiger partial charge on any atom is 0.335 e. The van der Waals surface area contributed by atoms with E-state index in [-0.39, 0.29) is 5.56 Å². The zero-order chi connectivity index (χ0) is 15.6. The van der Waals surface area contributed by atoms with Crippen LogP contribution in [0.15, 0.2) is 33.6 Å². The van der Waals surface area contributed by atoms with Gasteiger partial charge in [-0.2, -0.15) is 5.10 Å². The van der Waals surface area contributed by atoms with Gasteiger partial charge in [-0.25, -0.2) is 4.79 Å². The summed E-state index contributed by atoms with van der Waals surface area (Å²) < 4.78 is 15.1. The molecule has 0 amide bonds. The minimum absolute atomic E-state index is 0.186. The van der Waals surface area contributed by atoms with Gasteiger partial charge in [0.05, 0.1) is 38.0 Å². The molecule has 1 N–H and O–H groups in total. The van der Waals surface area contributed by atoms with Crippen molar-refractivity contribution in [3.8, 4) is 0 Å². The summed E-state index contributed by atoms with van der Waals surface area (Å²) in [5, 5.41) is 13.2. The third-order valence-electron chi connectivity index (χ3n) is 3.08. The molecule has 0 aliphatic carbocycles. The lowest BCUT2D eigenvalue weighted by Crippen LogP contribution is -2.07. The van der Waals surface area contributed by atoms with Gasteiger partial charge in [0.1, 0.15) is 0 Å². The number of halogens is 1. The monoisotopic (exact) mass is 370 g/mol. The molecule has 112 valence electrons. The van der Waals surface area contributed by atoms with E-state index in [0.29, 0.717) is 17.2 Å². The first-order chi connectivity index (χ1) is 9.93. The molecule has 2 rings (SSSR count). The molecule has 0 radical (unpaired) electrons. The smallest absolute Gasteiger partial charge is 0.335 e. The molecule has 1 aromatic carbocycles. The summed E-state index contributed by atoms with van der Waals surface area (Å²) in [6, 6.07) is 6.11. The van der Waals surface area contributed by atoms with Gasteiger partial charge < -0.3 is 5.11 Å². The number of carboxylic acids is 1. The molecule has 5 nitrogen and oxygen atoms in total. The van der Waals surface area contributed by atoms with E-state index in [1.165, 1.54) is 12.1 Å². The van der Waals surface area contributed by atoms with Crippen molar-refractivity contribution < 1.29 is 14.1 Å². The highest BCUT2D eigenvalue weighted by molar-refractivity contribution is 9.10. The summed E-state index contributed by atoms with van der Waals surface area (Å²) in [4.78, 5) is 11.4. The van der Waals surface area contributed by atoms with Gasteiger partial charge in [-0.05, 0) is 54.0 Å². The van der Waals surface area contributed by atoms with E-state index in [1.54, 1.807) is 12.1 Å². The van der Waals surface area contributed by atoms with Crippen molar-refractivity contribution in [2.45, 2.75) is 31.0 Å². The molecular weight excluding hydrogens is 356 g/mol. The maximum atomic E-state index is 12.4. The van der Waals surface area contributed by atoms with Gasteiger partial charge in [0.25, 0.3) is 0 Å². The molecule has 0 aliphatic heterocycles. The second-order valence-electron chi connectivity index (χ2n) is 4.48. The lowest BCUT2D eigenvalue weighted by Gasteiger charge is -2.06. The van der Waals surface area contributed by atoms with Crippen molar-refractivity contribution >= 4 is 32.7 Å². The predicted molar refractivity (Wildman–Crippen MR) is 83.9 cm³/mol. The lowest BCUT2D eigenvalue weighted by molar-refractivity contribution is 0.0697. The molecule has 0 spiro atoms. The number of carbonyl (C=O) groups is 1. The number of hydrogen-bond acceptors (Lipinski definition) is 3. The summed E-state index contributed by atoms with van der Waals surface area (Å²) in [6.07, 6.45) is 0. The molecule has 0 fully saturated rings. The number of hydrogen-bond donors (Lipinski definition) is 1. The third-order valence-corrected chi connectivity index (χ3v) is 5.45. The van der Waals surface area contributed by atoms with Crippen LogP contribution in [0.2, 0.25) is 0 Å².